The first kappa shape index (κ1) is 23.4. The molecule has 4 N–H and O–H groups in total. The minimum Gasteiger partial charge on any atom is -0.494 e. The van der Waals surface area contributed by atoms with Crippen LogP contribution in [0.15, 0.2) is 55.0 Å². The third kappa shape index (κ3) is 5.08. The SMILES string of the molecule is CCC(=O)c1cnc(Nc2cccc(C(N)=O)n2)cc1Nc1cccc(-c2ncn(C)n2)c1OC. The molecule has 3 heterocycles. The van der Waals surface area contributed by atoms with Gasteiger partial charge in [-0.15, -0.1) is 0 Å². The van der Waals surface area contributed by atoms with Crippen LogP contribution in [0.5, 0.6) is 5.75 Å². The number of amides is 1. The second-order valence-electron chi connectivity index (χ2n) is 7.54. The summed E-state index contributed by atoms with van der Waals surface area (Å²) in [5.74, 6) is 1.11. The van der Waals surface area contributed by atoms with E-state index < -0.39 is 5.91 Å². The van der Waals surface area contributed by atoms with Gasteiger partial charge in [0, 0.05) is 25.7 Å². The number of hydrogen-bond donors (Lipinski definition) is 3. The topological polar surface area (TPSA) is 150 Å². The van der Waals surface area contributed by atoms with Crippen molar-refractivity contribution in [2.75, 3.05) is 17.7 Å². The molecular formula is C24H24N8O3. The molecule has 3 aromatic heterocycles. The van der Waals surface area contributed by atoms with E-state index in [9.17, 15) is 9.59 Å². The highest BCUT2D eigenvalue weighted by Crippen LogP contribution is 2.37. The van der Waals surface area contributed by atoms with Gasteiger partial charge in [-0.3, -0.25) is 14.3 Å². The van der Waals surface area contributed by atoms with Crippen LogP contribution in [-0.4, -0.2) is 43.5 Å². The molecule has 0 radical (unpaired) electrons. The molecular weight excluding hydrogens is 448 g/mol. The van der Waals surface area contributed by atoms with Crippen molar-refractivity contribution in [2.45, 2.75) is 13.3 Å². The highest BCUT2D eigenvalue weighted by atomic mass is 16.5. The number of benzene rings is 1. The van der Waals surface area contributed by atoms with E-state index in [4.69, 9.17) is 10.5 Å². The summed E-state index contributed by atoms with van der Waals surface area (Å²) in [6.45, 7) is 1.78. The van der Waals surface area contributed by atoms with Crippen LogP contribution in [0, 0.1) is 0 Å². The number of nitrogens with zero attached hydrogens (tertiary/aromatic N) is 5. The number of para-hydroxylation sites is 1. The van der Waals surface area contributed by atoms with Gasteiger partial charge in [-0.1, -0.05) is 19.1 Å². The van der Waals surface area contributed by atoms with Crippen molar-refractivity contribution >= 4 is 34.7 Å². The van der Waals surface area contributed by atoms with E-state index >= 15 is 0 Å². The number of pyridine rings is 2. The number of aromatic nitrogens is 5. The van der Waals surface area contributed by atoms with E-state index in [1.54, 1.807) is 50.3 Å². The van der Waals surface area contributed by atoms with Gasteiger partial charge >= 0.3 is 0 Å². The average Bonchev–Trinajstić information content (AvgIpc) is 3.30. The van der Waals surface area contributed by atoms with Gasteiger partial charge in [0.15, 0.2) is 17.4 Å². The largest absolute Gasteiger partial charge is 0.494 e. The first-order chi connectivity index (χ1) is 16.9. The number of carbonyl (C=O) groups is 2. The maximum Gasteiger partial charge on any atom is 0.267 e. The fraction of sp³-hybridized carbons (Fsp3) is 0.167. The summed E-state index contributed by atoms with van der Waals surface area (Å²) in [5.41, 5.74) is 7.69. The number of carbonyl (C=O) groups excluding carboxylic acids is 2. The number of ether oxygens (including phenoxy) is 1. The quantitative estimate of drug-likeness (QED) is 0.311. The summed E-state index contributed by atoms with van der Waals surface area (Å²) in [7, 11) is 3.34. The van der Waals surface area contributed by atoms with E-state index in [0.717, 1.165) is 0 Å². The van der Waals surface area contributed by atoms with Crippen LogP contribution < -0.4 is 21.1 Å². The Morgan fingerprint density at radius 1 is 1.06 bits per heavy atom. The molecule has 11 nitrogen and oxygen atoms in total. The van der Waals surface area contributed by atoms with Crippen molar-refractivity contribution in [2.24, 2.45) is 12.8 Å². The van der Waals surface area contributed by atoms with Gasteiger partial charge in [-0.2, -0.15) is 5.10 Å². The van der Waals surface area contributed by atoms with Crippen LogP contribution in [0.1, 0.15) is 34.2 Å². The van der Waals surface area contributed by atoms with Gasteiger partial charge in [0.2, 0.25) is 0 Å². The molecule has 0 spiro atoms. The summed E-state index contributed by atoms with van der Waals surface area (Å²) in [6, 6.07) is 12.1. The van der Waals surface area contributed by atoms with Gasteiger partial charge in [0.05, 0.1) is 29.6 Å². The molecule has 0 saturated heterocycles. The molecule has 0 atom stereocenters. The molecule has 0 fully saturated rings. The van der Waals surface area contributed by atoms with Crippen LogP contribution in [0.4, 0.5) is 23.0 Å². The minimum atomic E-state index is -0.637. The van der Waals surface area contributed by atoms with Crippen LogP contribution in [0.25, 0.3) is 11.4 Å². The number of aryl methyl sites for hydroxylation is 1. The highest BCUT2D eigenvalue weighted by Gasteiger charge is 2.18. The monoisotopic (exact) mass is 472 g/mol. The number of anilines is 4. The van der Waals surface area contributed by atoms with E-state index in [2.05, 4.69) is 30.7 Å². The Bertz CT molecular complexity index is 1400. The maximum absolute atomic E-state index is 12.6. The second kappa shape index (κ2) is 10.00. The summed E-state index contributed by atoms with van der Waals surface area (Å²) in [6.07, 6.45) is 3.40. The average molecular weight is 473 g/mol. The zero-order valence-electron chi connectivity index (χ0n) is 19.4. The minimum absolute atomic E-state index is 0.0816. The van der Waals surface area contributed by atoms with Crippen molar-refractivity contribution in [3.05, 3.63) is 66.2 Å². The van der Waals surface area contributed by atoms with E-state index in [0.29, 0.717) is 52.1 Å². The first-order valence-electron chi connectivity index (χ1n) is 10.8. The molecule has 178 valence electrons. The van der Waals surface area contributed by atoms with Gasteiger partial charge in [0.1, 0.15) is 23.7 Å². The Kier molecular flexibility index (Phi) is 6.67. The lowest BCUT2D eigenvalue weighted by Gasteiger charge is -2.17. The molecule has 0 aliphatic rings. The van der Waals surface area contributed by atoms with Crippen molar-refractivity contribution in [3.8, 4) is 17.1 Å². The fourth-order valence-corrected chi connectivity index (χ4v) is 3.45. The molecule has 4 rings (SSSR count). The van der Waals surface area contributed by atoms with E-state index in [1.165, 1.54) is 12.3 Å². The molecule has 1 aromatic carbocycles. The smallest absolute Gasteiger partial charge is 0.267 e. The number of nitrogens with one attached hydrogen (secondary N) is 2. The molecule has 0 aliphatic heterocycles. The van der Waals surface area contributed by atoms with Crippen LogP contribution in [0.2, 0.25) is 0 Å². The summed E-state index contributed by atoms with van der Waals surface area (Å²) >= 11 is 0. The third-order valence-corrected chi connectivity index (χ3v) is 5.11. The predicted octanol–water partition coefficient (Wildman–Crippen LogP) is 3.46. The molecule has 11 heteroatoms. The molecule has 4 aromatic rings. The number of hydrogen-bond acceptors (Lipinski definition) is 9. The van der Waals surface area contributed by atoms with Crippen molar-refractivity contribution < 1.29 is 14.3 Å². The Morgan fingerprint density at radius 2 is 1.86 bits per heavy atom. The van der Waals surface area contributed by atoms with Crippen molar-refractivity contribution in [3.63, 3.8) is 0 Å². The van der Waals surface area contributed by atoms with E-state index in [-0.39, 0.29) is 11.5 Å². The van der Waals surface area contributed by atoms with Gasteiger partial charge in [-0.05, 0) is 24.3 Å². The predicted molar refractivity (Wildman–Crippen MR) is 131 cm³/mol. The molecule has 35 heavy (non-hydrogen) atoms. The molecule has 0 unspecified atom stereocenters. The van der Waals surface area contributed by atoms with E-state index in [1.807, 2.05) is 18.2 Å². The highest BCUT2D eigenvalue weighted by molar-refractivity contribution is 6.02. The lowest BCUT2D eigenvalue weighted by molar-refractivity contribution is 0.0983. The molecule has 1 amide bonds. The number of ketones is 1. The number of methoxy groups -OCH3 is 1. The van der Waals surface area contributed by atoms with Gasteiger partial charge < -0.3 is 21.1 Å². The second-order valence-corrected chi connectivity index (χ2v) is 7.54. The van der Waals surface area contributed by atoms with Gasteiger partial charge in [0.25, 0.3) is 5.91 Å². The Balaban J connectivity index is 1.72. The first-order valence-corrected chi connectivity index (χ1v) is 10.8. The van der Waals surface area contributed by atoms with Gasteiger partial charge in [-0.25, -0.2) is 15.0 Å². The lowest BCUT2D eigenvalue weighted by atomic mass is 10.1. The Morgan fingerprint density at radius 3 is 2.54 bits per heavy atom. The van der Waals surface area contributed by atoms with Crippen LogP contribution >= 0.6 is 0 Å². The normalized spacial score (nSPS) is 10.6. The molecule has 0 saturated carbocycles. The number of rotatable bonds is 9. The zero-order valence-corrected chi connectivity index (χ0v) is 19.4. The van der Waals surface area contributed by atoms with Crippen LogP contribution in [0.3, 0.4) is 0 Å². The lowest BCUT2D eigenvalue weighted by Crippen LogP contribution is -2.13. The molecule has 0 aliphatic carbocycles. The van der Waals surface area contributed by atoms with Crippen molar-refractivity contribution in [1.82, 2.24) is 24.7 Å². The Hall–Kier alpha value is -4.80. The maximum atomic E-state index is 12.6. The summed E-state index contributed by atoms with van der Waals surface area (Å²) < 4.78 is 7.28. The number of Topliss-reactive ketones (excluding diaryl/α,β-unsaturated/α-hetero) is 1. The van der Waals surface area contributed by atoms with Crippen LogP contribution in [-0.2, 0) is 7.05 Å². The summed E-state index contributed by atoms with van der Waals surface area (Å²) in [4.78, 5) is 36.9. The third-order valence-electron chi connectivity index (χ3n) is 5.11. The fourth-order valence-electron chi connectivity index (χ4n) is 3.45. The molecule has 0 bridgehead atoms. The number of nitrogens with two attached hydrogens (primary N) is 1. The van der Waals surface area contributed by atoms with Crippen molar-refractivity contribution in [1.29, 1.82) is 0 Å². The summed E-state index contributed by atoms with van der Waals surface area (Å²) in [5, 5.41) is 10.7. The standard InChI is InChI=1S/C24H24N8O3/c1-4-19(33)15-12-26-21(30-20-10-6-9-17(29-20)23(25)34)11-18(15)28-16-8-5-7-14(22(16)35-3)24-27-13-32(2)31-24/h5-13H,4H2,1-3H3,(H2,25,34)(H2,26,28,29,30). The Labute approximate surface area is 201 Å². The number of primary amides is 1. The zero-order chi connectivity index (χ0) is 24.9.